The SMILES string of the molecule is CCc1nncn1CCNC(=NCc1ccco1)N1CCN(c2ccccc2O)CC1.I. The highest BCUT2D eigenvalue weighted by molar-refractivity contribution is 14.0. The third-order valence-corrected chi connectivity index (χ3v) is 5.41. The van der Waals surface area contributed by atoms with Gasteiger partial charge >= 0.3 is 0 Å². The molecule has 2 aromatic heterocycles. The molecule has 0 spiro atoms. The Balaban J connectivity index is 0.00000289. The number of phenolic OH excluding ortho intramolecular Hbond substituents is 1. The summed E-state index contributed by atoms with van der Waals surface area (Å²) in [7, 11) is 0. The maximum absolute atomic E-state index is 10.2. The monoisotopic (exact) mass is 551 g/mol. The van der Waals surface area contributed by atoms with Gasteiger partial charge in [0.15, 0.2) is 5.96 Å². The first-order valence-corrected chi connectivity index (χ1v) is 10.7. The first-order valence-electron chi connectivity index (χ1n) is 10.7. The van der Waals surface area contributed by atoms with Crippen LogP contribution in [0.1, 0.15) is 18.5 Å². The van der Waals surface area contributed by atoms with Crippen molar-refractivity contribution in [1.29, 1.82) is 0 Å². The number of aromatic nitrogens is 3. The minimum atomic E-state index is 0. The van der Waals surface area contributed by atoms with Crippen molar-refractivity contribution in [3.05, 3.63) is 60.6 Å². The number of aliphatic imine (C=N–C) groups is 1. The van der Waals surface area contributed by atoms with E-state index in [-0.39, 0.29) is 24.0 Å². The summed E-state index contributed by atoms with van der Waals surface area (Å²) in [6, 6.07) is 11.3. The number of aryl methyl sites for hydroxylation is 1. The third kappa shape index (κ3) is 5.93. The van der Waals surface area contributed by atoms with E-state index in [1.807, 2.05) is 30.3 Å². The predicted octanol–water partition coefficient (Wildman–Crippen LogP) is 2.73. The lowest BCUT2D eigenvalue weighted by atomic mass is 10.2. The smallest absolute Gasteiger partial charge is 0.194 e. The van der Waals surface area contributed by atoms with Crippen molar-refractivity contribution in [2.75, 3.05) is 37.6 Å². The summed E-state index contributed by atoms with van der Waals surface area (Å²) in [5.41, 5.74) is 0.879. The van der Waals surface area contributed by atoms with Crippen LogP contribution < -0.4 is 10.2 Å². The van der Waals surface area contributed by atoms with Crippen molar-refractivity contribution in [2.45, 2.75) is 26.4 Å². The summed E-state index contributed by atoms with van der Waals surface area (Å²) < 4.78 is 7.51. The molecule has 172 valence electrons. The number of anilines is 1. The number of furan rings is 1. The molecule has 0 amide bonds. The van der Waals surface area contributed by atoms with Crippen molar-refractivity contribution in [3.63, 3.8) is 0 Å². The van der Waals surface area contributed by atoms with E-state index in [0.717, 1.165) is 68.9 Å². The Morgan fingerprint density at radius 3 is 2.69 bits per heavy atom. The van der Waals surface area contributed by atoms with Crippen LogP contribution in [0.25, 0.3) is 0 Å². The summed E-state index contributed by atoms with van der Waals surface area (Å²) in [5, 5.41) is 21.8. The van der Waals surface area contributed by atoms with Gasteiger partial charge < -0.3 is 29.2 Å². The van der Waals surface area contributed by atoms with E-state index in [0.29, 0.717) is 12.3 Å². The molecular formula is C22H30IN7O2. The van der Waals surface area contributed by atoms with Gasteiger partial charge in [0.25, 0.3) is 0 Å². The Bertz CT molecular complexity index is 982. The predicted molar refractivity (Wildman–Crippen MR) is 135 cm³/mol. The third-order valence-electron chi connectivity index (χ3n) is 5.41. The molecule has 1 aliphatic heterocycles. The van der Waals surface area contributed by atoms with E-state index in [1.54, 1.807) is 18.7 Å². The molecule has 9 nitrogen and oxygen atoms in total. The number of rotatable bonds is 7. The minimum Gasteiger partial charge on any atom is -0.506 e. The molecule has 1 fully saturated rings. The number of nitrogens with one attached hydrogen (secondary N) is 1. The Hall–Kier alpha value is -2.76. The number of para-hydroxylation sites is 2. The summed E-state index contributed by atoms with van der Waals surface area (Å²) in [4.78, 5) is 9.26. The zero-order chi connectivity index (χ0) is 21.5. The van der Waals surface area contributed by atoms with Gasteiger partial charge in [-0.15, -0.1) is 34.2 Å². The molecule has 32 heavy (non-hydrogen) atoms. The molecule has 2 N–H and O–H groups in total. The van der Waals surface area contributed by atoms with Crippen molar-refractivity contribution in [1.82, 2.24) is 25.0 Å². The van der Waals surface area contributed by atoms with Crippen LogP contribution in [0.2, 0.25) is 0 Å². The van der Waals surface area contributed by atoms with E-state index in [9.17, 15) is 5.11 Å². The Morgan fingerprint density at radius 1 is 1.16 bits per heavy atom. The van der Waals surface area contributed by atoms with Crippen LogP contribution in [0.4, 0.5) is 5.69 Å². The number of guanidine groups is 1. The molecule has 0 bridgehead atoms. The molecule has 0 radical (unpaired) electrons. The van der Waals surface area contributed by atoms with Crippen LogP contribution in [-0.2, 0) is 19.5 Å². The number of hydrogen-bond acceptors (Lipinski definition) is 6. The van der Waals surface area contributed by atoms with Crippen molar-refractivity contribution >= 4 is 35.6 Å². The Kier molecular flexibility index (Phi) is 8.77. The highest BCUT2D eigenvalue weighted by atomic mass is 127. The van der Waals surface area contributed by atoms with Crippen LogP contribution in [0, 0.1) is 0 Å². The fraction of sp³-hybridized carbons (Fsp3) is 0.409. The molecule has 3 heterocycles. The van der Waals surface area contributed by atoms with Crippen LogP contribution >= 0.6 is 24.0 Å². The van der Waals surface area contributed by atoms with E-state index < -0.39 is 0 Å². The molecule has 0 atom stereocenters. The van der Waals surface area contributed by atoms with Crippen molar-refractivity contribution in [2.24, 2.45) is 4.99 Å². The second kappa shape index (κ2) is 11.7. The lowest BCUT2D eigenvalue weighted by Gasteiger charge is -2.38. The number of aromatic hydroxyl groups is 1. The fourth-order valence-electron chi connectivity index (χ4n) is 3.74. The minimum absolute atomic E-state index is 0. The normalized spacial score (nSPS) is 14.3. The molecule has 10 heteroatoms. The molecular weight excluding hydrogens is 521 g/mol. The number of phenols is 1. The van der Waals surface area contributed by atoms with Gasteiger partial charge in [0, 0.05) is 45.7 Å². The van der Waals surface area contributed by atoms with Gasteiger partial charge in [0.05, 0.1) is 12.0 Å². The molecule has 1 aliphatic rings. The number of nitrogens with zero attached hydrogens (tertiary/aromatic N) is 6. The maximum Gasteiger partial charge on any atom is 0.194 e. The molecule has 4 rings (SSSR count). The van der Waals surface area contributed by atoms with Gasteiger partial charge in [-0.25, -0.2) is 4.99 Å². The Labute approximate surface area is 205 Å². The van der Waals surface area contributed by atoms with Crippen LogP contribution in [-0.4, -0.2) is 63.5 Å². The zero-order valence-corrected chi connectivity index (χ0v) is 20.6. The highest BCUT2D eigenvalue weighted by Crippen LogP contribution is 2.27. The van der Waals surface area contributed by atoms with E-state index in [1.165, 1.54) is 0 Å². The van der Waals surface area contributed by atoms with E-state index >= 15 is 0 Å². The molecule has 3 aromatic rings. The molecule has 1 aromatic carbocycles. The lowest BCUT2D eigenvalue weighted by Crippen LogP contribution is -2.53. The average molecular weight is 551 g/mol. The van der Waals surface area contributed by atoms with Crippen LogP contribution in [0.3, 0.4) is 0 Å². The van der Waals surface area contributed by atoms with Crippen LogP contribution in [0.15, 0.2) is 58.4 Å². The number of hydrogen-bond donors (Lipinski definition) is 2. The summed E-state index contributed by atoms with van der Waals surface area (Å²) in [6.07, 6.45) is 4.29. The zero-order valence-electron chi connectivity index (χ0n) is 18.2. The summed E-state index contributed by atoms with van der Waals surface area (Å²) >= 11 is 0. The van der Waals surface area contributed by atoms with Crippen molar-refractivity contribution in [3.8, 4) is 5.75 Å². The van der Waals surface area contributed by atoms with Crippen LogP contribution in [0.5, 0.6) is 5.75 Å². The van der Waals surface area contributed by atoms with Gasteiger partial charge in [-0.05, 0) is 24.3 Å². The lowest BCUT2D eigenvalue weighted by molar-refractivity contribution is 0.367. The molecule has 0 aliphatic carbocycles. The van der Waals surface area contributed by atoms with Gasteiger partial charge in [-0.2, -0.15) is 0 Å². The molecule has 1 saturated heterocycles. The molecule has 0 unspecified atom stereocenters. The standard InChI is InChI=1S/C22H29N7O2.HI/c1-2-21-26-25-17-29(21)10-9-23-22(24-16-18-6-5-15-31-18)28-13-11-27(12-14-28)19-7-3-4-8-20(19)30;/h3-8,15,17,30H,2,9-14,16H2,1H3,(H,23,24);1H. The van der Waals surface area contributed by atoms with E-state index in [4.69, 9.17) is 9.41 Å². The van der Waals surface area contributed by atoms with Gasteiger partial charge in [0.2, 0.25) is 0 Å². The topological polar surface area (TPSA) is 95.0 Å². The largest absolute Gasteiger partial charge is 0.506 e. The van der Waals surface area contributed by atoms with Gasteiger partial charge in [-0.3, -0.25) is 0 Å². The van der Waals surface area contributed by atoms with E-state index in [2.05, 4.69) is 36.8 Å². The second-order valence-electron chi connectivity index (χ2n) is 7.40. The van der Waals surface area contributed by atoms with Gasteiger partial charge in [-0.1, -0.05) is 19.1 Å². The molecule has 0 saturated carbocycles. The average Bonchev–Trinajstić information content (AvgIpc) is 3.48. The number of piperazine rings is 1. The summed E-state index contributed by atoms with van der Waals surface area (Å²) in [5.74, 6) is 2.99. The quantitative estimate of drug-likeness (QED) is 0.265. The Morgan fingerprint density at radius 2 is 1.97 bits per heavy atom. The number of halogens is 1. The highest BCUT2D eigenvalue weighted by Gasteiger charge is 2.21. The first kappa shape index (κ1) is 23.9. The summed E-state index contributed by atoms with van der Waals surface area (Å²) in [6.45, 7) is 7.30. The number of benzene rings is 1. The second-order valence-corrected chi connectivity index (χ2v) is 7.40. The van der Waals surface area contributed by atoms with Crippen molar-refractivity contribution < 1.29 is 9.52 Å². The van der Waals surface area contributed by atoms with Gasteiger partial charge in [0.1, 0.15) is 30.2 Å². The first-order chi connectivity index (χ1) is 15.2. The maximum atomic E-state index is 10.2. The fourth-order valence-corrected chi connectivity index (χ4v) is 3.74.